The van der Waals surface area contributed by atoms with Crippen molar-refractivity contribution in [2.75, 3.05) is 11.1 Å². The van der Waals surface area contributed by atoms with Gasteiger partial charge in [-0.15, -0.1) is 14.8 Å². The molecule has 10 nitrogen and oxygen atoms in total. The molecule has 0 fully saturated rings. The molecule has 5 aromatic rings. The molecule has 3 heterocycles. The lowest BCUT2D eigenvalue weighted by atomic mass is 9.99. The maximum atomic E-state index is 15.2. The first-order valence-corrected chi connectivity index (χ1v) is 11.1. The Morgan fingerprint density at radius 2 is 1.82 bits per heavy atom. The lowest BCUT2D eigenvalue weighted by Gasteiger charge is -2.09. The summed E-state index contributed by atoms with van der Waals surface area (Å²) in [6, 6.07) is 10.7. The minimum Gasteiger partial charge on any atom is -0.421 e. The fraction of sp³-hybridized carbons (Fsp3) is 0.0400. The monoisotopic (exact) mass is 536 g/mol. The Morgan fingerprint density at radius 3 is 2.51 bits per heavy atom. The van der Waals surface area contributed by atoms with Gasteiger partial charge in [-0.3, -0.25) is 4.79 Å². The van der Waals surface area contributed by atoms with E-state index in [9.17, 15) is 18.0 Å². The molecule has 0 aliphatic heterocycles. The highest BCUT2D eigenvalue weighted by Crippen LogP contribution is 2.38. The summed E-state index contributed by atoms with van der Waals surface area (Å²) in [6.07, 6.45) is -0.566. The standard InChI is InChI=1S/C25H16F4N8O2/c1-12(26)24(38)34-15-5-2-13(3-6-15)20-19(21-23(30)32-11-33-37(21)36-20)14-4-7-18(16(27)10-14)39-25-31-9-8-17(35-25)22(28)29/h2-11,22H,1H2,(H,34,38)(H2,30,32,33). The predicted octanol–water partition coefficient (Wildman–Crippen LogP) is 5.12. The first-order chi connectivity index (χ1) is 18.7. The van der Waals surface area contributed by atoms with Crippen LogP contribution in [0.3, 0.4) is 0 Å². The molecule has 3 N–H and O–H groups in total. The molecule has 196 valence electrons. The summed E-state index contributed by atoms with van der Waals surface area (Å²) in [5, 5.41) is 10.9. The lowest BCUT2D eigenvalue weighted by molar-refractivity contribution is -0.114. The van der Waals surface area contributed by atoms with Gasteiger partial charge in [0.25, 0.3) is 12.3 Å². The molecule has 3 aromatic heterocycles. The van der Waals surface area contributed by atoms with Crippen molar-refractivity contribution in [1.82, 2.24) is 29.8 Å². The molecule has 0 saturated carbocycles. The normalized spacial score (nSPS) is 11.1. The van der Waals surface area contributed by atoms with E-state index in [0.717, 1.165) is 18.3 Å². The molecule has 0 spiro atoms. The number of aromatic nitrogens is 6. The Labute approximate surface area is 216 Å². The number of anilines is 2. The number of ether oxygens (including phenoxy) is 1. The van der Waals surface area contributed by atoms with Crippen LogP contribution in [0.2, 0.25) is 0 Å². The van der Waals surface area contributed by atoms with Gasteiger partial charge in [0.1, 0.15) is 23.2 Å². The average molecular weight is 536 g/mol. The Morgan fingerprint density at radius 1 is 1.08 bits per heavy atom. The van der Waals surface area contributed by atoms with Gasteiger partial charge in [0.2, 0.25) is 0 Å². The van der Waals surface area contributed by atoms with Crippen LogP contribution in [0.4, 0.5) is 29.1 Å². The van der Waals surface area contributed by atoms with Crippen molar-refractivity contribution in [2.24, 2.45) is 0 Å². The fourth-order valence-corrected chi connectivity index (χ4v) is 3.67. The topological polar surface area (TPSA) is 133 Å². The molecule has 39 heavy (non-hydrogen) atoms. The minimum absolute atomic E-state index is 0.0713. The summed E-state index contributed by atoms with van der Waals surface area (Å²) in [5.41, 5.74) is 7.70. The van der Waals surface area contributed by atoms with Gasteiger partial charge in [-0.05, 0) is 35.9 Å². The van der Waals surface area contributed by atoms with Gasteiger partial charge in [0, 0.05) is 23.0 Å². The number of carbonyl (C=O) groups is 1. The summed E-state index contributed by atoms with van der Waals surface area (Å²) in [7, 11) is 0. The summed E-state index contributed by atoms with van der Waals surface area (Å²) in [4.78, 5) is 22.9. The largest absolute Gasteiger partial charge is 0.421 e. The van der Waals surface area contributed by atoms with Crippen molar-refractivity contribution in [1.29, 1.82) is 0 Å². The van der Waals surface area contributed by atoms with Crippen LogP contribution in [-0.2, 0) is 4.79 Å². The minimum atomic E-state index is -2.85. The van der Waals surface area contributed by atoms with Crippen LogP contribution in [-0.4, -0.2) is 35.7 Å². The second kappa shape index (κ2) is 10.2. The molecule has 0 bridgehead atoms. The highest BCUT2D eigenvalue weighted by molar-refractivity contribution is 6.02. The second-order valence-corrected chi connectivity index (χ2v) is 7.96. The number of nitrogen functional groups attached to an aromatic ring is 1. The fourth-order valence-electron chi connectivity index (χ4n) is 3.67. The van der Waals surface area contributed by atoms with Gasteiger partial charge in [-0.2, -0.15) is 4.98 Å². The Kier molecular flexibility index (Phi) is 6.58. The number of nitrogens with two attached hydrogens (primary N) is 1. The molecule has 0 saturated heterocycles. The van der Waals surface area contributed by atoms with Crippen LogP contribution in [0.1, 0.15) is 12.1 Å². The number of alkyl halides is 2. The van der Waals surface area contributed by atoms with Crippen molar-refractivity contribution >= 4 is 22.9 Å². The summed E-state index contributed by atoms with van der Waals surface area (Å²) < 4.78 is 60.6. The molecule has 0 unspecified atom stereocenters. The molecule has 1 amide bonds. The smallest absolute Gasteiger partial charge is 0.322 e. The third-order valence-corrected chi connectivity index (χ3v) is 5.43. The Hall–Kier alpha value is -5.40. The van der Waals surface area contributed by atoms with E-state index in [2.05, 4.69) is 37.0 Å². The van der Waals surface area contributed by atoms with Gasteiger partial charge >= 0.3 is 6.01 Å². The number of hydrogen-bond donors (Lipinski definition) is 2. The number of benzene rings is 2. The predicted molar refractivity (Wildman–Crippen MR) is 132 cm³/mol. The van der Waals surface area contributed by atoms with E-state index in [1.165, 1.54) is 35.2 Å². The van der Waals surface area contributed by atoms with Crippen molar-refractivity contribution < 1.29 is 27.1 Å². The van der Waals surface area contributed by atoms with Crippen LogP contribution in [0.5, 0.6) is 11.8 Å². The van der Waals surface area contributed by atoms with Crippen molar-refractivity contribution in [3.63, 3.8) is 0 Å². The van der Waals surface area contributed by atoms with E-state index < -0.39 is 35.7 Å². The van der Waals surface area contributed by atoms with Crippen LogP contribution >= 0.6 is 0 Å². The summed E-state index contributed by atoms with van der Waals surface area (Å²) in [5.74, 6) is -3.20. The van der Waals surface area contributed by atoms with Crippen molar-refractivity contribution in [3.05, 3.63) is 85.0 Å². The summed E-state index contributed by atoms with van der Waals surface area (Å²) >= 11 is 0. The number of carbonyl (C=O) groups excluding carboxylic acids is 1. The number of rotatable bonds is 7. The number of amides is 1. The Balaban J connectivity index is 1.55. The van der Waals surface area contributed by atoms with Crippen LogP contribution < -0.4 is 15.8 Å². The van der Waals surface area contributed by atoms with Crippen LogP contribution in [0.15, 0.2) is 73.5 Å². The highest BCUT2D eigenvalue weighted by atomic mass is 19.3. The molecule has 0 radical (unpaired) electrons. The average Bonchev–Trinajstić information content (AvgIpc) is 3.31. The quantitative estimate of drug-likeness (QED) is 0.216. The van der Waals surface area contributed by atoms with Crippen LogP contribution in [0.25, 0.3) is 27.9 Å². The van der Waals surface area contributed by atoms with E-state index in [0.29, 0.717) is 33.6 Å². The second-order valence-electron chi connectivity index (χ2n) is 7.96. The number of hydrogen-bond acceptors (Lipinski definition) is 8. The number of fused-ring (bicyclic) bond motifs is 1. The van der Waals surface area contributed by atoms with Crippen LogP contribution in [0, 0.1) is 5.82 Å². The molecule has 0 aliphatic rings. The zero-order valence-electron chi connectivity index (χ0n) is 19.6. The number of nitrogens with one attached hydrogen (secondary N) is 1. The van der Waals surface area contributed by atoms with Crippen molar-refractivity contribution in [3.8, 4) is 34.1 Å². The molecule has 0 aliphatic carbocycles. The first-order valence-electron chi connectivity index (χ1n) is 11.1. The third kappa shape index (κ3) is 5.07. The molecular weight excluding hydrogens is 520 g/mol. The zero-order chi connectivity index (χ0) is 27.7. The third-order valence-electron chi connectivity index (χ3n) is 5.43. The first kappa shape index (κ1) is 25.3. The molecule has 14 heteroatoms. The van der Waals surface area contributed by atoms with E-state index in [4.69, 9.17) is 10.5 Å². The lowest BCUT2D eigenvalue weighted by Crippen LogP contribution is -2.10. The maximum Gasteiger partial charge on any atom is 0.322 e. The Bertz CT molecular complexity index is 1720. The van der Waals surface area contributed by atoms with Gasteiger partial charge in [0.15, 0.2) is 23.2 Å². The zero-order valence-corrected chi connectivity index (χ0v) is 19.6. The molecule has 2 aromatic carbocycles. The van der Waals surface area contributed by atoms with E-state index in [1.807, 2.05) is 0 Å². The van der Waals surface area contributed by atoms with Gasteiger partial charge < -0.3 is 15.8 Å². The molecule has 0 atom stereocenters. The van der Waals surface area contributed by atoms with Gasteiger partial charge in [0.05, 0.1) is 0 Å². The van der Waals surface area contributed by atoms with Gasteiger partial charge in [-0.1, -0.05) is 24.8 Å². The SMILES string of the molecule is C=C(F)C(=O)Nc1ccc(-c2nn3ncnc(N)c3c2-c2ccc(Oc3nccc(C(F)F)n3)c(F)c2)cc1. The highest BCUT2D eigenvalue weighted by Gasteiger charge is 2.22. The number of halogens is 4. The van der Waals surface area contributed by atoms with E-state index >= 15 is 4.39 Å². The van der Waals surface area contributed by atoms with Crippen molar-refractivity contribution in [2.45, 2.75) is 6.43 Å². The van der Waals surface area contributed by atoms with E-state index in [1.54, 1.807) is 12.1 Å². The summed E-state index contributed by atoms with van der Waals surface area (Å²) in [6.45, 7) is 2.95. The maximum absolute atomic E-state index is 15.2. The van der Waals surface area contributed by atoms with Gasteiger partial charge in [-0.25, -0.2) is 27.5 Å². The number of nitrogens with zero attached hydrogens (tertiary/aromatic N) is 6. The molecular formula is C25H16F4N8O2. The van der Waals surface area contributed by atoms with E-state index in [-0.39, 0.29) is 11.6 Å². The molecule has 5 rings (SSSR count).